The van der Waals surface area contributed by atoms with Crippen LogP contribution < -0.4 is 10.2 Å². The van der Waals surface area contributed by atoms with Crippen LogP contribution in [-0.2, 0) is 4.79 Å². The standard InChI is InChI=1S/C22H20ClF3N4O/c23-20-18(17-6-5-15-3-1-2-4-16(15)11-17)12-19(28-29-20)30-9-7-14(8-10-30)13-27-21(31)22(24,25)26/h1-6,11-12,14H,7-10,13H2,(H,27,31). The summed E-state index contributed by atoms with van der Waals surface area (Å²) in [5, 5.41) is 12.8. The topological polar surface area (TPSA) is 58.1 Å². The Balaban J connectivity index is 1.45. The van der Waals surface area contributed by atoms with Crippen molar-refractivity contribution >= 4 is 34.1 Å². The molecule has 9 heteroatoms. The number of piperidine rings is 1. The van der Waals surface area contributed by atoms with Gasteiger partial charge < -0.3 is 10.2 Å². The summed E-state index contributed by atoms with van der Waals surface area (Å²) in [6, 6.07) is 16.0. The Morgan fingerprint density at radius 2 is 1.77 bits per heavy atom. The number of anilines is 1. The third-order valence-corrected chi connectivity index (χ3v) is 5.82. The summed E-state index contributed by atoms with van der Waals surface area (Å²) in [5.41, 5.74) is 1.71. The maximum Gasteiger partial charge on any atom is 0.471 e. The lowest BCUT2D eigenvalue weighted by Crippen LogP contribution is -2.42. The van der Waals surface area contributed by atoms with Gasteiger partial charge in [0, 0.05) is 25.2 Å². The van der Waals surface area contributed by atoms with Gasteiger partial charge in [0.1, 0.15) is 0 Å². The molecule has 3 aromatic rings. The van der Waals surface area contributed by atoms with Gasteiger partial charge in [-0.2, -0.15) is 13.2 Å². The number of hydrogen-bond acceptors (Lipinski definition) is 4. The molecule has 1 fully saturated rings. The molecular weight excluding hydrogens is 429 g/mol. The van der Waals surface area contributed by atoms with E-state index in [0.29, 0.717) is 36.9 Å². The average molecular weight is 449 g/mol. The number of alkyl halides is 3. The molecule has 0 atom stereocenters. The zero-order valence-corrected chi connectivity index (χ0v) is 17.2. The molecule has 0 saturated carbocycles. The Hall–Kier alpha value is -2.87. The lowest BCUT2D eigenvalue weighted by atomic mass is 9.96. The van der Waals surface area contributed by atoms with Crippen LogP contribution >= 0.6 is 11.6 Å². The predicted molar refractivity (Wildman–Crippen MR) is 114 cm³/mol. The largest absolute Gasteiger partial charge is 0.471 e. The number of rotatable bonds is 4. The molecule has 0 bridgehead atoms. The van der Waals surface area contributed by atoms with Crippen LogP contribution in [0.3, 0.4) is 0 Å². The first-order valence-electron chi connectivity index (χ1n) is 9.93. The highest BCUT2D eigenvalue weighted by Gasteiger charge is 2.38. The van der Waals surface area contributed by atoms with Crippen molar-refractivity contribution < 1.29 is 18.0 Å². The predicted octanol–water partition coefficient (Wildman–Crippen LogP) is 4.85. The number of carbonyl (C=O) groups is 1. The second kappa shape index (κ2) is 8.70. The molecule has 0 unspecified atom stereocenters. The highest BCUT2D eigenvalue weighted by atomic mass is 35.5. The molecule has 0 spiro atoms. The van der Waals surface area contributed by atoms with Gasteiger partial charge in [0.2, 0.25) is 0 Å². The zero-order chi connectivity index (χ0) is 22.0. The highest BCUT2D eigenvalue weighted by molar-refractivity contribution is 6.32. The fourth-order valence-corrected chi connectivity index (χ4v) is 3.99. The van der Waals surface area contributed by atoms with E-state index in [4.69, 9.17) is 11.6 Å². The van der Waals surface area contributed by atoms with E-state index in [-0.39, 0.29) is 12.5 Å². The molecule has 0 aliphatic carbocycles. The van der Waals surface area contributed by atoms with Crippen molar-refractivity contribution in [1.82, 2.24) is 15.5 Å². The normalized spacial score (nSPS) is 15.3. The van der Waals surface area contributed by atoms with Crippen LogP contribution in [0.2, 0.25) is 5.15 Å². The minimum Gasteiger partial charge on any atom is -0.355 e. The third kappa shape index (κ3) is 4.90. The quantitative estimate of drug-likeness (QED) is 0.620. The molecule has 1 saturated heterocycles. The van der Waals surface area contributed by atoms with E-state index in [2.05, 4.69) is 16.3 Å². The van der Waals surface area contributed by atoms with Gasteiger partial charge in [0.25, 0.3) is 0 Å². The van der Waals surface area contributed by atoms with E-state index in [1.54, 1.807) is 0 Å². The van der Waals surface area contributed by atoms with Crippen LogP contribution in [0.25, 0.3) is 21.9 Å². The van der Waals surface area contributed by atoms with E-state index in [9.17, 15) is 18.0 Å². The molecule has 1 aromatic heterocycles. The number of nitrogens with zero attached hydrogens (tertiary/aromatic N) is 3. The lowest BCUT2D eigenvalue weighted by Gasteiger charge is -2.32. The number of benzene rings is 2. The fourth-order valence-electron chi connectivity index (χ4n) is 3.78. The average Bonchev–Trinajstić information content (AvgIpc) is 2.77. The van der Waals surface area contributed by atoms with Gasteiger partial charge in [-0.25, -0.2) is 0 Å². The number of halogens is 4. The minimum atomic E-state index is -4.85. The van der Waals surface area contributed by atoms with Gasteiger partial charge in [-0.3, -0.25) is 4.79 Å². The minimum absolute atomic E-state index is 0.0113. The Labute approximate surface area is 182 Å². The molecule has 162 valence electrons. The lowest BCUT2D eigenvalue weighted by molar-refractivity contribution is -0.173. The molecule has 31 heavy (non-hydrogen) atoms. The molecule has 1 N–H and O–H groups in total. The summed E-state index contributed by atoms with van der Waals surface area (Å²) in [5.74, 6) is -1.23. The molecule has 5 nitrogen and oxygen atoms in total. The molecule has 4 rings (SSSR count). The smallest absolute Gasteiger partial charge is 0.355 e. The van der Waals surface area contributed by atoms with Crippen molar-refractivity contribution in [3.05, 3.63) is 53.7 Å². The van der Waals surface area contributed by atoms with Crippen molar-refractivity contribution in [2.45, 2.75) is 19.0 Å². The van der Waals surface area contributed by atoms with Gasteiger partial charge in [-0.05, 0) is 47.2 Å². The Bertz CT molecular complexity index is 1100. The van der Waals surface area contributed by atoms with Crippen LogP contribution in [0.4, 0.5) is 19.0 Å². The number of fused-ring (bicyclic) bond motifs is 1. The SMILES string of the molecule is O=C(NCC1CCN(c2cc(-c3ccc4ccccc4c3)c(Cl)nn2)CC1)C(F)(F)F. The van der Waals surface area contributed by atoms with Crippen LogP contribution in [0, 0.1) is 5.92 Å². The molecule has 2 heterocycles. The van der Waals surface area contributed by atoms with E-state index in [1.807, 2.05) is 52.7 Å². The molecular formula is C22H20ClF3N4O. The summed E-state index contributed by atoms with van der Waals surface area (Å²) in [6.45, 7) is 1.24. The number of nitrogens with one attached hydrogen (secondary N) is 1. The van der Waals surface area contributed by atoms with Crippen LogP contribution in [0.15, 0.2) is 48.5 Å². The molecule has 1 amide bonds. The first-order chi connectivity index (χ1) is 14.8. The van der Waals surface area contributed by atoms with Gasteiger partial charge >= 0.3 is 12.1 Å². The van der Waals surface area contributed by atoms with Gasteiger partial charge in [0.05, 0.1) is 0 Å². The number of amides is 1. The summed E-state index contributed by atoms with van der Waals surface area (Å²) in [7, 11) is 0. The maximum atomic E-state index is 12.3. The fraction of sp³-hybridized carbons (Fsp3) is 0.318. The highest BCUT2D eigenvalue weighted by Crippen LogP contribution is 2.32. The van der Waals surface area contributed by atoms with Crippen molar-refractivity contribution in [2.75, 3.05) is 24.5 Å². The van der Waals surface area contributed by atoms with E-state index in [1.165, 1.54) is 0 Å². The van der Waals surface area contributed by atoms with Crippen molar-refractivity contribution in [3.63, 3.8) is 0 Å². The number of carbonyl (C=O) groups excluding carboxylic acids is 1. The second-order valence-electron chi connectivity index (χ2n) is 7.61. The Kier molecular flexibility index (Phi) is 6.00. The van der Waals surface area contributed by atoms with Crippen LogP contribution in [0.5, 0.6) is 0 Å². The van der Waals surface area contributed by atoms with Crippen LogP contribution in [-0.4, -0.2) is 41.9 Å². The monoisotopic (exact) mass is 448 g/mol. The summed E-state index contributed by atoms with van der Waals surface area (Å²) >= 11 is 6.33. The third-order valence-electron chi connectivity index (χ3n) is 5.54. The summed E-state index contributed by atoms with van der Waals surface area (Å²) in [4.78, 5) is 13.0. The van der Waals surface area contributed by atoms with Gasteiger partial charge in [-0.1, -0.05) is 48.0 Å². The van der Waals surface area contributed by atoms with Gasteiger partial charge in [-0.15, -0.1) is 10.2 Å². The molecule has 2 aromatic carbocycles. The van der Waals surface area contributed by atoms with Crippen molar-refractivity contribution in [3.8, 4) is 11.1 Å². The van der Waals surface area contributed by atoms with Crippen LogP contribution in [0.1, 0.15) is 12.8 Å². The number of aromatic nitrogens is 2. The zero-order valence-electron chi connectivity index (χ0n) is 16.5. The summed E-state index contributed by atoms with van der Waals surface area (Å²) in [6.07, 6.45) is -3.56. The molecule has 0 radical (unpaired) electrons. The Morgan fingerprint density at radius 1 is 1.06 bits per heavy atom. The van der Waals surface area contributed by atoms with E-state index >= 15 is 0 Å². The Morgan fingerprint density at radius 3 is 2.48 bits per heavy atom. The van der Waals surface area contributed by atoms with E-state index < -0.39 is 12.1 Å². The number of hydrogen-bond donors (Lipinski definition) is 1. The summed E-state index contributed by atoms with van der Waals surface area (Å²) < 4.78 is 37.0. The van der Waals surface area contributed by atoms with Crippen molar-refractivity contribution in [2.24, 2.45) is 5.92 Å². The maximum absolute atomic E-state index is 12.3. The van der Waals surface area contributed by atoms with Gasteiger partial charge in [0.15, 0.2) is 11.0 Å². The first-order valence-corrected chi connectivity index (χ1v) is 10.3. The second-order valence-corrected chi connectivity index (χ2v) is 7.97. The van der Waals surface area contributed by atoms with Crippen molar-refractivity contribution in [1.29, 1.82) is 0 Å². The molecule has 1 aliphatic heterocycles. The first kappa shape index (κ1) is 21.4. The van der Waals surface area contributed by atoms with E-state index in [0.717, 1.165) is 21.9 Å². The molecule has 1 aliphatic rings.